The predicted octanol–water partition coefficient (Wildman–Crippen LogP) is 6.34. The summed E-state index contributed by atoms with van der Waals surface area (Å²) in [5.41, 5.74) is 7.47. The molecule has 4 nitrogen and oxygen atoms in total. The van der Waals surface area contributed by atoms with Crippen molar-refractivity contribution in [1.82, 2.24) is 19.6 Å². The van der Waals surface area contributed by atoms with Crippen LogP contribution in [0.2, 0.25) is 0 Å². The highest BCUT2D eigenvalue weighted by Gasteiger charge is 2.26. The van der Waals surface area contributed by atoms with Crippen molar-refractivity contribution in [3.63, 3.8) is 0 Å². The number of thiophene rings is 1. The molecule has 5 heteroatoms. The summed E-state index contributed by atoms with van der Waals surface area (Å²) < 4.78 is 1.89. The van der Waals surface area contributed by atoms with Crippen LogP contribution in [0, 0.1) is 13.8 Å². The van der Waals surface area contributed by atoms with Crippen LogP contribution in [0.25, 0.3) is 27.1 Å². The van der Waals surface area contributed by atoms with Crippen LogP contribution < -0.4 is 0 Å². The first-order chi connectivity index (χ1) is 13.0. The zero-order chi connectivity index (χ0) is 18.7. The summed E-state index contributed by atoms with van der Waals surface area (Å²) in [6, 6.07) is 2.23. The molecule has 140 valence electrons. The van der Waals surface area contributed by atoms with Crippen molar-refractivity contribution in [2.75, 3.05) is 0 Å². The zero-order valence-corrected chi connectivity index (χ0v) is 17.3. The van der Waals surface area contributed by atoms with E-state index in [-0.39, 0.29) is 0 Å². The van der Waals surface area contributed by atoms with Gasteiger partial charge in [0.2, 0.25) is 0 Å². The van der Waals surface area contributed by atoms with E-state index in [0.29, 0.717) is 5.92 Å². The standard InChI is InChI=1S/C22H26N4S/c1-12(2)17-18-14(4)20(15-7-5-6-8-15)27-22(18)25-19(17)16-9-13(3)21-23-11-24-26(21)10-16/h9-12,15,25H,5-8H2,1-4H3. The van der Waals surface area contributed by atoms with E-state index in [1.54, 1.807) is 11.2 Å². The number of pyridine rings is 1. The maximum atomic E-state index is 4.36. The second-order valence-corrected chi connectivity index (χ2v) is 9.34. The molecule has 1 aliphatic rings. The van der Waals surface area contributed by atoms with E-state index in [2.05, 4.69) is 55.0 Å². The first kappa shape index (κ1) is 17.0. The van der Waals surface area contributed by atoms with E-state index < -0.39 is 0 Å². The lowest BCUT2D eigenvalue weighted by Gasteiger charge is -2.12. The molecular weight excluding hydrogens is 352 g/mol. The minimum absolute atomic E-state index is 0.463. The van der Waals surface area contributed by atoms with Crippen molar-refractivity contribution in [2.24, 2.45) is 0 Å². The molecule has 1 saturated carbocycles. The Labute approximate surface area is 163 Å². The molecule has 4 aromatic heterocycles. The van der Waals surface area contributed by atoms with Crippen LogP contribution in [-0.2, 0) is 0 Å². The van der Waals surface area contributed by atoms with Crippen molar-refractivity contribution in [1.29, 1.82) is 0 Å². The topological polar surface area (TPSA) is 46.0 Å². The quantitative estimate of drug-likeness (QED) is 0.452. The van der Waals surface area contributed by atoms with Crippen molar-refractivity contribution < 1.29 is 0 Å². The number of rotatable bonds is 3. The third-order valence-corrected chi connectivity index (χ3v) is 7.48. The minimum Gasteiger partial charge on any atom is -0.346 e. The number of aromatic nitrogens is 4. The van der Waals surface area contributed by atoms with E-state index in [1.165, 1.54) is 58.3 Å². The van der Waals surface area contributed by atoms with Crippen LogP contribution in [0.1, 0.15) is 72.9 Å². The van der Waals surface area contributed by atoms with Crippen LogP contribution in [0.15, 0.2) is 18.6 Å². The summed E-state index contributed by atoms with van der Waals surface area (Å²) in [7, 11) is 0. The summed E-state index contributed by atoms with van der Waals surface area (Å²) in [4.78, 5) is 11.1. The van der Waals surface area contributed by atoms with Crippen molar-refractivity contribution >= 4 is 27.2 Å². The summed E-state index contributed by atoms with van der Waals surface area (Å²) in [6.45, 7) is 9.05. The number of hydrogen-bond donors (Lipinski definition) is 1. The van der Waals surface area contributed by atoms with Gasteiger partial charge >= 0.3 is 0 Å². The van der Waals surface area contributed by atoms with Crippen LogP contribution >= 0.6 is 11.3 Å². The van der Waals surface area contributed by atoms with Crippen molar-refractivity contribution in [3.05, 3.63) is 40.2 Å². The fourth-order valence-corrected chi connectivity index (χ4v) is 6.26. The van der Waals surface area contributed by atoms with Gasteiger partial charge in [-0.15, -0.1) is 11.3 Å². The maximum absolute atomic E-state index is 4.36. The average Bonchev–Trinajstić information content (AvgIpc) is 3.39. The van der Waals surface area contributed by atoms with Crippen LogP contribution in [0.5, 0.6) is 0 Å². The molecule has 5 rings (SSSR count). The van der Waals surface area contributed by atoms with Gasteiger partial charge in [-0.3, -0.25) is 0 Å². The van der Waals surface area contributed by atoms with Gasteiger partial charge in [-0.2, -0.15) is 5.10 Å². The highest BCUT2D eigenvalue weighted by atomic mass is 32.1. The molecule has 1 N–H and O–H groups in total. The second-order valence-electron chi connectivity index (χ2n) is 8.29. The van der Waals surface area contributed by atoms with Crippen molar-refractivity contribution in [3.8, 4) is 11.3 Å². The Hall–Kier alpha value is -2.14. The Morgan fingerprint density at radius 2 is 2.00 bits per heavy atom. The van der Waals surface area contributed by atoms with E-state index in [4.69, 9.17) is 0 Å². The number of nitrogens with zero attached hydrogens (tertiary/aromatic N) is 3. The zero-order valence-electron chi connectivity index (χ0n) is 16.5. The molecule has 4 heterocycles. The third-order valence-electron chi connectivity index (χ3n) is 6.11. The molecule has 4 aromatic rings. The molecule has 0 radical (unpaired) electrons. The summed E-state index contributed by atoms with van der Waals surface area (Å²) in [6.07, 6.45) is 9.21. The lowest BCUT2D eigenvalue weighted by molar-refractivity contribution is 0.734. The molecule has 0 atom stereocenters. The number of hydrogen-bond acceptors (Lipinski definition) is 3. The molecule has 0 spiro atoms. The Balaban J connectivity index is 1.73. The summed E-state index contributed by atoms with van der Waals surface area (Å²) >= 11 is 1.99. The highest BCUT2D eigenvalue weighted by molar-refractivity contribution is 7.19. The molecular formula is C22H26N4S. The van der Waals surface area contributed by atoms with Crippen molar-refractivity contribution in [2.45, 2.75) is 65.2 Å². The number of aromatic amines is 1. The van der Waals surface area contributed by atoms with E-state index >= 15 is 0 Å². The van der Waals surface area contributed by atoms with Gasteiger partial charge in [0.1, 0.15) is 11.2 Å². The molecule has 0 aromatic carbocycles. The van der Waals surface area contributed by atoms with Gasteiger partial charge in [-0.25, -0.2) is 9.50 Å². The van der Waals surface area contributed by atoms with Crippen LogP contribution in [0.3, 0.4) is 0 Å². The largest absolute Gasteiger partial charge is 0.346 e. The second kappa shape index (κ2) is 6.20. The Morgan fingerprint density at radius 3 is 2.74 bits per heavy atom. The van der Waals surface area contributed by atoms with Gasteiger partial charge in [-0.1, -0.05) is 26.7 Å². The molecule has 1 aliphatic carbocycles. The SMILES string of the molecule is Cc1c(C2CCCC2)sc2[nH]c(-c3cc(C)c4ncnn4c3)c(C(C)C)c12. The van der Waals surface area contributed by atoms with Crippen LogP contribution in [-0.4, -0.2) is 19.6 Å². The van der Waals surface area contributed by atoms with Gasteiger partial charge in [0, 0.05) is 22.0 Å². The van der Waals surface area contributed by atoms with Gasteiger partial charge in [0.15, 0.2) is 5.65 Å². The molecule has 27 heavy (non-hydrogen) atoms. The normalized spacial score (nSPS) is 15.7. The molecule has 0 saturated heterocycles. The van der Waals surface area contributed by atoms with Gasteiger partial charge in [-0.05, 0) is 61.3 Å². The molecule has 0 unspecified atom stereocenters. The molecule has 0 aliphatic heterocycles. The molecule has 1 fully saturated rings. The Morgan fingerprint density at radius 1 is 1.22 bits per heavy atom. The monoisotopic (exact) mass is 378 g/mol. The van der Waals surface area contributed by atoms with E-state index in [1.807, 2.05) is 15.9 Å². The smallest absolute Gasteiger partial charge is 0.158 e. The summed E-state index contributed by atoms with van der Waals surface area (Å²) in [5, 5.41) is 5.82. The minimum atomic E-state index is 0.463. The first-order valence-corrected chi connectivity index (χ1v) is 10.8. The number of nitrogens with one attached hydrogen (secondary N) is 1. The number of aryl methyl sites for hydroxylation is 2. The van der Waals surface area contributed by atoms with E-state index in [0.717, 1.165) is 17.1 Å². The third kappa shape index (κ3) is 2.55. The Bertz CT molecular complexity index is 1140. The maximum Gasteiger partial charge on any atom is 0.158 e. The lowest BCUT2D eigenvalue weighted by atomic mass is 9.93. The van der Waals surface area contributed by atoms with Gasteiger partial charge < -0.3 is 4.98 Å². The number of fused-ring (bicyclic) bond motifs is 2. The van der Waals surface area contributed by atoms with Gasteiger partial charge in [0.05, 0.1) is 5.69 Å². The number of H-pyrrole nitrogens is 1. The highest BCUT2D eigenvalue weighted by Crippen LogP contribution is 2.47. The fourth-order valence-electron chi connectivity index (χ4n) is 4.86. The van der Waals surface area contributed by atoms with Crippen LogP contribution in [0.4, 0.5) is 0 Å². The molecule has 0 bridgehead atoms. The predicted molar refractivity (Wildman–Crippen MR) is 113 cm³/mol. The lowest BCUT2D eigenvalue weighted by Crippen LogP contribution is -1.97. The summed E-state index contributed by atoms with van der Waals surface area (Å²) in [5.74, 6) is 1.23. The van der Waals surface area contributed by atoms with E-state index in [9.17, 15) is 0 Å². The van der Waals surface area contributed by atoms with Gasteiger partial charge in [0.25, 0.3) is 0 Å². The molecule has 0 amide bonds. The average molecular weight is 379 g/mol. The fraction of sp³-hybridized carbons (Fsp3) is 0.455. The first-order valence-electron chi connectivity index (χ1n) is 9.99. The Kier molecular flexibility index (Phi) is 3.90.